The first-order valence-electron chi connectivity index (χ1n) is 5.28. The summed E-state index contributed by atoms with van der Waals surface area (Å²) >= 11 is 3.45. The van der Waals surface area contributed by atoms with Gasteiger partial charge in [-0.2, -0.15) is 0 Å². The Bertz CT molecular complexity index is 524. The van der Waals surface area contributed by atoms with E-state index in [9.17, 15) is 0 Å². The van der Waals surface area contributed by atoms with E-state index in [-0.39, 0.29) is 6.61 Å². The second kappa shape index (κ2) is 5.00. The van der Waals surface area contributed by atoms with Gasteiger partial charge in [0.25, 0.3) is 0 Å². The number of aliphatic hydroxyl groups excluding tert-OH is 1. The Balaban J connectivity index is 2.53. The summed E-state index contributed by atoms with van der Waals surface area (Å²) < 4.78 is 2.90. The number of imidazole rings is 1. The number of aromatic nitrogens is 2. The number of rotatable bonds is 3. The van der Waals surface area contributed by atoms with Crippen LogP contribution in [0.25, 0.3) is 5.69 Å². The Kier molecular flexibility index (Phi) is 3.61. The van der Waals surface area contributed by atoms with Gasteiger partial charge in [-0.15, -0.1) is 0 Å². The molecule has 17 heavy (non-hydrogen) atoms. The van der Waals surface area contributed by atoms with Gasteiger partial charge in [-0.05, 0) is 24.6 Å². The van der Waals surface area contributed by atoms with E-state index in [1.54, 1.807) is 12.5 Å². The van der Waals surface area contributed by atoms with Crippen LogP contribution in [-0.4, -0.2) is 21.3 Å². The second-order valence-electron chi connectivity index (χ2n) is 3.91. The number of nitrogens with two attached hydrogens (primary N) is 1. The fourth-order valence-corrected chi connectivity index (χ4v) is 2.07. The molecule has 0 aliphatic carbocycles. The molecule has 0 spiro atoms. The molecule has 1 heterocycles. The number of benzene rings is 1. The van der Waals surface area contributed by atoms with Gasteiger partial charge in [0.1, 0.15) is 0 Å². The average Bonchev–Trinajstić information content (AvgIpc) is 2.80. The Morgan fingerprint density at radius 2 is 2.29 bits per heavy atom. The summed E-state index contributed by atoms with van der Waals surface area (Å²) in [5.74, 6) is 0. The molecule has 5 heteroatoms. The van der Waals surface area contributed by atoms with Crippen LogP contribution in [0.5, 0.6) is 0 Å². The fraction of sp³-hybridized carbons (Fsp3) is 0.250. The van der Waals surface area contributed by atoms with E-state index >= 15 is 0 Å². The zero-order valence-corrected chi connectivity index (χ0v) is 11.1. The molecule has 0 aliphatic heterocycles. The van der Waals surface area contributed by atoms with E-state index in [2.05, 4.69) is 20.9 Å². The van der Waals surface area contributed by atoms with Crippen molar-refractivity contribution in [2.45, 2.75) is 13.0 Å². The topological polar surface area (TPSA) is 64.1 Å². The smallest absolute Gasteiger partial charge is 0.0994 e. The summed E-state index contributed by atoms with van der Waals surface area (Å²) in [6.45, 7) is 1.93. The number of aliphatic hydroxyl groups is 1. The minimum atomic E-state index is -0.420. The normalized spacial score (nSPS) is 12.7. The zero-order chi connectivity index (χ0) is 12.4. The van der Waals surface area contributed by atoms with Crippen molar-refractivity contribution >= 4 is 15.9 Å². The van der Waals surface area contributed by atoms with E-state index in [0.29, 0.717) is 0 Å². The average molecular weight is 296 g/mol. The number of hydrogen-bond acceptors (Lipinski definition) is 3. The van der Waals surface area contributed by atoms with Gasteiger partial charge < -0.3 is 15.4 Å². The van der Waals surface area contributed by atoms with Crippen LogP contribution in [0, 0.1) is 6.92 Å². The third-order valence-electron chi connectivity index (χ3n) is 2.67. The fourth-order valence-electron chi connectivity index (χ4n) is 1.72. The molecule has 0 saturated carbocycles. The van der Waals surface area contributed by atoms with E-state index in [4.69, 9.17) is 10.8 Å². The van der Waals surface area contributed by atoms with Crippen molar-refractivity contribution in [3.05, 3.63) is 46.5 Å². The Morgan fingerprint density at radius 1 is 1.53 bits per heavy atom. The molecule has 1 atom stereocenters. The first kappa shape index (κ1) is 12.3. The standard InChI is InChI=1S/C12H14BrN3O/c1-8-2-3-9(13)4-11(8)16-7-15-5-12(16)10(14)6-17/h2-5,7,10,17H,6,14H2,1H3. The Hall–Kier alpha value is -1.17. The van der Waals surface area contributed by atoms with Crippen molar-refractivity contribution in [2.24, 2.45) is 5.73 Å². The Morgan fingerprint density at radius 3 is 3.00 bits per heavy atom. The van der Waals surface area contributed by atoms with Crippen LogP contribution < -0.4 is 5.73 Å². The monoisotopic (exact) mass is 295 g/mol. The van der Waals surface area contributed by atoms with Crippen LogP contribution in [0.2, 0.25) is 0 Å². The third-order valence-corrected chi connectivity index (χ3v) is 3.17. The van der Waals surface area contributed by atoms with Gasteiger partial charge in [-0.3, -0.25) is 0 Å². The summed E-state index contributed by atoms with van der Waals surface area (Å²) in [4.78, 5) is 4.09. The lowest BCUT2D eigenvalue weighted by atomic mass is 10.2. The SMILES string of the molecule is Cc1ccc(Br)cc1-n1cncc1C(N)CO. The van der Waals surface area contributed by atoms with E-state index in [1.807, 2.05) is 29.7 Å². The lowest BCUT2D eigenvalue weighted by molar-refractivity contribution is 0.265. The van der Waals surface area contributed by atoms with E-state index < -0.39 is 6.04 Å². The Labute approximate surface area is 108 Å². The molecule has 90 valence electrons. The highest BCUT2D eigenvalue weighted by Crippen LogP contribution is 2.23. The molecule has 2 aromatic rings. The highest BCUT2D eigenvalue weighted by Gasteiger charge is 2.13. The van der Waals surface area contributed by atoms with Crippen molar-refractivity contribution in [3.63, 3.8) is 0 Å². The minimum absolute atomic E-state index is 0.0985. The number of halogens is 1. The molecule has 0 aliphatic rings. The number of hydrogen-bond donors (Lipinski definition) is 2. The van der Waals surface area contributed by atoms with Gasteiger partial charge in [-0.1, -0.05) is 22.0 Å². The molecular formula is C12H14BrN3O. The molecule has 1 aromatic carbocycles. The molecule has 1 unspecified atom stereocenters. The van der Waals surface area contributed by atoms with Gasteiger partial charge in [-0.25, -0.2) is 4.98 Å². The third kappa shape index (κ3) is 2.41. The van der Waals surface area contributed by atoms with Gasteiger partial charge in [0.2, 0.25) is 0 Å². The largest absolute Gasteiger partial charge is 0.394 e. The summed E-state index contributed by atoms with van der Waals surface area (Å²) in [5, 5.41) is 9.13. The highest BCUT2D eigenvalue weighted by atomic mass is 79.9. The molecule has 3 N–H and O–H groups in total. The van der Waals surface area contributed by atoms with Crippen molar-refractivity contribution in [3.8, 4) is 5.69 Å². The maximum atomic E-state index is 9.13. The molecule has 0 bridgehead atoms. The molecule has 1 aromatic heterocycles. The molecule has 0 radical (unpaired) electrons. The van der Waals surface area contributed by atoms with Crippen LogP contribution in [-0.2, 0) is 0 Å². The first-order valence-corrected chi connectivity index (χ1v) is 6.08. The maximum absolute atomic E-state index is 9.13. The van der Waals surface area contributed by atoms with Crippen LogP contribution in [0.15, 0.2) is 35.2 Å². The van der Waals surface area contributed by atoms with Crippen LogP contribution >= 0.6 is 15.9 Å². The molecular weight excluding hydrogens is 282 g/mol. The molecule has 0 saturated heterocycles. The molecule has 0 fully saturated rings. The number of nitrogens with zero attached hydrogens (tertiary/aromatic N) is 2. The van der Waals surface area contributed by atoms with Crippen molar-refractivity contribution in [1.29, 1.82) is 0 Å². The summed E-state index contributed by atoms with van der Waals surface area (Å²) in [6, 6.07) is 5.59. The van der Waals surface area contributed by atoms with Crippen molar-refractivity contribution in [2.75, 3.05) is 6.61 Å². The summed E-state index contributed by atoms with van der Waals surface area (Å²) in [7, 11) is 0. The van der Waals surface area contributed by atoms with Crippen LogP contribution in [0.4, 0.5) is 0 Å². The van der Waals surface area contributed by atoms with Crippen molar-refractivity contribution < 1.29 is 5.11 Å². The van der Waals surface area contributed by atoms with Crippen molar-refractivity contribution in [1.82, 2.24) is 9.55 Å². The van der Waals surface area contributed by atoms with Gasteiger partial charge in [0.15, 0.2) is 0 Å². The predicted octanol–water partition coefficient (Wildman–Crippen LogP) is 1.94. The molecule has 4 nitrogen and oxygen atoms in total. The van der Waals surface area contributed by atoms with Gasteiger partial charge in [0, 0.05) is 4.47 Å². The summed E-state index contributed by atoms with van der Waals surface area (Å²) in [5.41, 5.74) is 8.77. The lowest BCUT2D eigenvalue weighted by Gasteiger charge is -2.14. The lowest BCUT2D eigenvalue weighted by Crippen LogP contribution is -2.18. The second-order valence-corrected chi connectivity index (χ2v) is 4.82. The zero-order valence-electron chi connectivity index (χ0n) is 9.47. The minimum Gasteiger partial charge on any atom is -0.394 e. The quantitative estimate of drug-likeness (QED) is 0.909. The van der Waals surface area contributed by atoms with Crippen LogP contribution in [0.1, 0.15) is 17.3 Å². The number of aryl methyl sites for hydroxylation is 1. The molecule has 0 amide bonds. The summed E-state index contributed by atoms with van der Waals surface area (Å²) in [6.07, 6.45) is 3.39. The molecule has 2 rings (SSSR count). The predicted molar refractivity (Wildman–Crippen MR) is 70.0 cm³/mol. The van der Waals surface area contributed by atoms with Crippen LogP contribution in [0.3, 0.4) is 0 Å². The highest BCUT2D eigenvalue weighted by molar-refractivity contribution is 9.10. The maximum Gasteiger partial charge on any atom is 0.0994 e. The van der Waals surface area contributed by atoms with Gasteiger partial charge >= 0.3 is 0 Å². The van der Waals surface area contributed by atoms with E-state index in [0.717, 1.165) is 21.4 Å². The van der Waals surface area contributed by atoms with E-state index in [1.165, 1.54) is 0 Å². The van der Waals surface area contributed by atoms with Gasteiger partial charge in [0.05, 0.1) is 36.6 Å². The first-order chi connectivity index (χ1) is 8.13.